The van der Waals surface area contributed by atoms with Crippen molar-refractivity contribution in [2.24, 2.45) is 0 Å². The van der Waals surface area contributed by atoms with Crippen LogP contribution in [0.5, 0.6) is 0 Å². The van der Waals surface area contributed by atoms with Crippen LogP contribution in [0.15, 0.2) is 16.7 Å². The van der Waals surface area contributed by atoms with E-state index in [0.717, 1.165) is 24.3 Å². The lowest BCUT2D eigenvalue weighted by Gasteiger charge is -2.20. The Hall–Kier alpha value is -0.800. The number of fused-ring (bicyclic) bond motifs is 1. The molecule has 0 spiro atoms. The zero-order valence-electron chi connectivity index (χ0n) is 6.21. The van der Waals surface area contributed by atoms with E-state index in [4.69, 9.17) is 9.52 Å². The van der Waals surface area contributed by atoms with Crippen LogP contribution in [0.3, 0.4) is 0 Å². The summed E-state index contributed by atoms with van der Waals surface area (Å²) in [5.74, 6) is 1.02. The second kappa shape index (κ2) is 2.68. The molecule has 0 radical (unpaired) electrons. The minimum absolute atomic E-state index is 0.0810. The molecule has 60 valence electrons. The molecule has 0 saturated carbocycles. The van der Waals surface area contributed by atoms with Crippen LogP contribution in [-0.2, 0) is 6.42 Å². The van der Waals surface area contributed by atoms with Crippen molar-refractivity contribution in [1.29, 1.82) is 0 Å². The van der Waals surface area contributed by atoms with Gasteiger partial charge in [-0.15, -0.1) is 0 Å². The molecule has 11 heavy (non-hydrogen) atoms. The van der Waals surface area contributed by atoms with E-state index in [1.165, 1.54) is 0 Å². The van der Waals surface area contributed by atoms with Crippen molar-refractivity contribution in [3.63, 3.8) is 0 Å². The first-order valence-corrected chi connectivity index (χ1v) is 3.82. The number of hydrogen-bond donors (Lipinski definition) is 2. The van der Waals surface area contributed by atoms with Gasteiger partial charge in [-0.05, 0) is 6.07 Å². The molecule has 2 rings (SSSR count). The molecule has 1 aromatic heterocycles. The molecule has 3 nitrogen and oxygen atoms in total. The van der Waals surface area contributed by atoms with E-state index in [0.29, 0.717) is 0 Å². The van der Waals surface area contributed by atoms with Crippen molar-refractivity contribution in [1.82, 2.24) is 5.32 Å². The topological polar surface area (TPSA) is 45.4 Å². The van der Waals surface area contributed by atoms with E-state index in [1.807, 2.05) is 6.07 Å². The Morgan fingerprint density at radius 1 is 1.73 bits per heavy atom. The Balaban J connectivity index is 2.32. The molecule has 0 amide bonds. The van der Waals surface area contributed by atoms with Gasteiger partial charge in [-0.1, -0.05) is 0 Å². The first kappa shape index (κ1) is 6.88. The van der Waals surface area contributed by atoms with Crippen molar-refractivity contribution in [2.45, 2.75) is 12.5 Å². The van der Waals surface area contributed by atoms with E-state index < -0.39 is 0 Å². The largest absolute Gasteiger partial charge is 0.469 e. The molecule has 0 saturated heterocycles. The highest BCUT2D eigenvalue weighted by Crippen LogP contribution is 2.22. The van der Waals surface area contributed by atoms with Crippen LogP contribution in [0.25, 0.3) is 0 Å². The van der Waals surface area contributed by atoms with Crippen LogP contribution < -0.4 is 5.32 Å². The summed E-state index contributed by atoms with van der Waals surface area (Å²) in [4.78, 5) is 0. The molecule has 2 N–H and O–H groups in total. The lowest BCUT2D eigenvalue weighted by Crippen LogP contribution is -2.31. The van der Waals surface area contributed by atoms with Gasteiger partial charge >= 0.3 is 0 Å². The van der Waals surface area contributed by atoms with Gasteiger partial charge in [-0.3, -0.25) is 0 Å². The number of rotatable bonds is 1. The van der Waals surface area contributed by atoms with Crippen LogP contribution in [0.1, 0.15) is 17.4 Å². The van der Waals surface area contributed by atoms with Crippen LogP contribution in [-0.4, -0.2) is 18.3 Å². The van der Waals surface area contributed by atoms with Crippen molar-refractivity contribution >= 4 is 0 Å². The predicted molar refractivity (Wildman–Crippen MR) is 40.2 cm³/mol. The molecule has 0 fully saturated rings. The third-order valence-electron chi connectivity index (χ3n) is 2.08. The molecule has 0 aromatic carbocycles. The minimum Gasteiger partial charge on any atom is -0.469 e. The Morgan fingerprint density at radius 3 is 3.45 bits per heavy atom. The summed E-state index contributed by atoms with van der Waals surface area (Å²) >= 11 is 0. The summed E-state index contributed by atoms with van der Waals surface area (Å²) in [6.45, 7) is 1.04. The molecule has 1 atom stereocenters. The smallest absolute Gasteiger partial charge is 0.109 e. The van der Waals surface area contributed by atoms with Crippen molar-refractivity contribution in [3.05, 3.63) is 23.7 Å². The maximum Gasteiger partial charge on any atom is 0.109 e. The van der Waals surface area contributed by atoms with E-state index >= 15 is 0 Å². The Kier molecular flexibility index (Phi) is 1.68. The standard InChI is InChI=1S/C8H11NO2/c10-5-7-6-2-4-11-8(6)1-3-9-7/h2,4,7,9-10H,1,3,5H2. The SMILES string of the molecule is OCC1NCCc2occc21. The summed E-state index contributed by atoms with van der Waals surface area (Å²) in [6, 6.07) is 2.00. The van der Waals surface area contributed by atoms with Gasteiger partial charge in [0.1, 0.15) is 5.76 Å². The molecule has 0 aliphatic carbocycles. The normalized spacial score (nSPS) is 23.2. The number of aliphatic hydroxyl groups is 1. The molecule has 1 aliphatic heterocycles. The highest BCUT2D eigenvalue weighted by Gasteiger charge is 2.20. The molecule has 1 aliphatic rings. The Labute approximate surface area is 65.0 Å². The summed E-state index contributed by atoms with van der Waals surface area (Å²) in [5.41, 5.74) is 1.11. The average molecular weight is 153 g/mol. The lowest BCUT2D eigenvalue weighted by atomic mass is 10.0. The number of nitrogens with one attached hydrogen (secondary N) is 1. The summed E-state index contributed by atoms with van der Waals surface area (Å²) in [6.07, 6.45) is 2.61. The summed E-state index contributed by atoms with van der Waals surface area (Å²) in [5, 5.41) is 12.2. The van der Waals surface area contributed by atoms with Crippen molar-refractivity contribution in [3.8, 4) is 0 Å². The molecule has 1 unspecified atom stereocenters. The minimum atomic E-state index is 0.0810. The van der Waals surface area contributed by atoms with Crippen LogP contribution in [0, 0.1) is 0 Å². The van der Waals surface area contributed by atoms with Gasteiger partial charge < -0.3 is 14.8 Å². The lowest BCUT2D eigenvalue weighted by molar-refractivity contribution is 0.236. The van der Waals surface area contributed by atoms with E-state index in [1.54, 1.807) is 6.26 Å². The second-order valence-corrected chi connectivity index (χ2v) is 2.74. The molecular weight excluding hydrogens is 142 g/mol. The molecule has 0 bridgehead atoms. The van der Waals surface area contributed by atoms with E-state index in [2.05, 4.69) is 5.32 Å². The fourth-order valence-electron chi connectivity index (χ4n) is 1.50. The molecule has 1 aromatic rings. The highest BCUT2D eigenvalue weighted by atomic mass is 16.3. The van der Waals surface area contributed by atoms with Gasteiger partial charge in [-0.25, -0.2) is 0 Å². The zero-order valence-corrected chi connectivity index (χ0v) is 6.21. The van der Waals surface area contributed by atoms with Crippen molar-refractivity contribution in [2.75, 3.05) is 13.2 Å². The first-order valence-electron chi connectivity index (χ1n) is 3.82. The fourth-order valence-corrected chi connectivity index (χ4v) is 1.50. The van der Waals surface area contributed by atoms with Gasteiger partial charge in [0, 0.05) is 18.5 Å². The van der Waals surface area contributed by atoms with Gasteiger partial charge in [0.15, 0.2) is 0 Å². The van der Waals surface area contributed by atoms with Gasteiger partial charge in [0.25, 0.3) is 0 Å². The van der Waals surface area contributed by atoms with Gasteiger partial charge in [0.05, 0.1) is 18.9 Å². The quantitative estimate of drug-likeness (QED) is 0.616. The van der Waals surface area contributed by atoms with Gasteiger partial charge in [0.2, 0.25) is 0 Å². The second-order valence-electron chi connectivity index (χ2n) is 2.74. The summed E-state index contributed by atoms with van der Waals surface area (Å²) < 4.78 is 5.24. The zero-order chi connectivity index (χ0) is 7.68. The van der Waals surface area contributed by atoms with Crippen LogP contribution in [0.4, 0.5) is 0 Å². The van der Waals surface area contributed by atoms with Crippen molar-refractivity contribution < 1.29 is 9.52 Å². The van der Waals surface area contributed by atoms with Gasteiger partial charge in [-0.2, -0.15) is 0 Å². The number of aliphatic hydroxyl groups excluding tert-OH is 1. The predicted octanol–water partition coefficient (Wildman–Crippen LogP) is 0.459. The monoisotopic (exact) mass is 153 g/mol. The number of furan rings is 1. The average Bonchev–Trinajstić information content (AvgIpc) is 2.50. The third kappa shape index (κ3) is 1.06. The fraction of sp³-hybridized carbons (Fsp3) is 0.500. The maximum atomic E-state index is 8.95. The van der Waals surface area contributed by atoms with Crippen LogP contribution >= 0.6 is 0 Å². The Morgan fingerprint density at radius 2 is 2.64 bits per heavy atom. The first-order chi connectivity index (χ1) is 5.42. The van der Waals surface area contributed by atoms with E-state index in [-0.39, 0.29) is 12.6 Å². The molecule has 3 heteroatoms. The Bertz CT molecular complexity index is 244. The van der Waals surface area contributed by atoms with Crippen LogP contribution in [0.2, 0.25) is 0 Å². The molecular formula is C8H11NO2. The van der Waals surface area contributed by atoms with E-state index in [9.17, 15) is 0 Å². The maximum absolute atomic E-state index is 8.95. The molecule has 2 heterocycles. The summed E-state index contributed by atoms with van der Waals surface area (Å²) in [7, 11) is 0. The highest BCUT2D eigenvalue weighted by molar-refractivity contribution is 5.24. The number of hydrogen-bond acceptors (Lipinski definition) is 3. The third-order valence-corrected chi connectivity index (χ3v) is 2.08.